The fourth-order valence-electron chi connectivity index (χ4n) is 2.95. The Bertz CT molecular complexity index is 606. The molecule has 20 heavy (non-hydrogen) atoms. The van der Waals surface area contributed by atoms with Crippen molar-refractivity contribution in [3.8, 4) is 0 Å². The summed E-state index contributed by atoms with van der Waals surface area (Å²) in [4.78, 5) is 0.320. The Labute approximate surface area is 120 Å². The van der Waals surface area contributed by atoms with E-state index in [0.29, 0.717) is 17.7 Å². The van der Waals surface area contributed by atoms with E-state index in [4.69, 9.17) is 0 Å². The van der Waals surface area contributed by atoms with Crippen LogP contribution in [0.15, 0.2) is 23.1 Å². The lowest BCUT2D eigenvalue weighted by molar-refractivity contribution is -0.0270. The molecule has 1 aromatic rings. The van der Waals surface area contributed by atoms with Crippen molar-refractivity contribution >= 4 is 10.0 Å². The summed E-state index contributed by atoms with van der Waals surface area (Å²) in [6.07, 6.45) is 6.65. The molecule has 110 valence electrons. The summed E-state index contributed by atoms with van der Waals surface area (Å²) < 4.78 is 27.1. The number of hydrogen-bond donors (Lipinski definition) is 2. The number of sulfonamides is 1. The predicted molar refractivity (Wildman–Crippen MR) is 77.1 cm³/mol. The van der Waals surface area contributed by atoms with Crippen LogP contribution in [0.25, 0.3) is 0 Å². The third-order valence-electron chi connectivity index (χ3n) is 4.51. The molecule has 1 saturated carbocycles. The van der Waals surface area contributed by atoms with E-state index in [9.17, 15) is 13.5 Å². The van der Waals surface area contributed by atoms with Gasteiger partial charge >= 0.3 is 0 Å². The van der Waals surface area contributed by atoms with E-state index in [-0.39, 0.29) is 6.54 Å². The SMILES string of the molecule is O=S(=O)(NCC1(O)CCC1)c1ccc2c(c1)CCCC2. The van der Waals surface area contributed by atoms with Gasteiger partial charge < -0.3 is 5.11 Å². The molecule has 1 aromatic carbocycles. The molecule has 0 aliphatic heterocycles. The molecule has 0 spiro atoms. The van der Waals surface area contributed by atoms with Crippen molar-refractivity contribution in [2.75, 3.05) is 6.54 Å². The first kappa shape index (κ1) is 14.0. The number of rotatable bonds is 4. The molecule has 0 aromatic heterocycles. The second kappa shape index (κ2) is 5.13. The molecule has 0 radical (unpaired) electrons. The topological polar surface area (TPSA) is 66.4 Å². The van der Waals surface area contributed by atoms with Crippen LogP contribution in [0.2, 0.25) is 0 Å². The number of aliphatic hydroxyl groups is 1. The highest BCUT2D eigenvalue weighted by atomic mass is 32.2. The van der Waals surface area contributed by atoms with Gasteiger partial charge in [0.15, 0.2) is 0 Å². The number of fused-ring (bicyclic) bond motifs is 1. The van der Waals surface area contributed by atoms with Gasteiger partial charge in [0.25, 0.3) is 0 Å². The van der Waals surface area contributed by atoms with Gasteiger partial charge in [-0.05, 0) is 68.2 Å². The van der Waals surface area contributed by atoms with E-state index in [2.05, 4.69) is 4.72 Å². The molecule has 3 rings (SSSR count). The maximum absolute atomic E-state index is 12.3. The highest BCUT2D eigenvalue weighted by Crippen LogP contribution is 2.31. The van der Waals surface area contributed by atoms with Gasteiger partial charge in [0.05, 0.1) is 10.5 Å². The van der Waals surface area contributed by atoms with Crippen LogP contribution in [0.4, 0.5) is 0 Å². The average Bonchev–Trinajstić information content (AvgIpc) is 2.42. The normalized spacial score (nSPS) is 21.1. The van der Waals surface area contributed by atoms with Crippen molar-refractivity contribution in [2.24, 2.45) is 0 Å². The molecule has 0 saturated heterocycles. The van der Waals surface area contributed by atoms with Crippen LogP contribution in [0, 0.1) is 0 Å². The van der Waals surface area contributed by atoms with Crippen LogP contribution in [-0.2, 0) is 22.9 Å². The Hall–Kier alpha value is -0.910. The molecule has 0 bridgehead atoms. The molecule has 1 fully saturated rings. The summed E-state index contributed by atoms with van der Waals surface area (Å²) in [5.74, 6) is 0. The molecule has 2 aliphatic carbocycles. The lowest BCUT2D eigenvalue weighted by Crippen LogP contribution is -2.47. The van der Waals surface area contributed by atoms with Crippen molar-refractivity contribution in [3.63, 3.8) is 0 Å². The fraction of sp³-hybridized carbons (Fsp3) is 0.600. The van der Waals surface area contributed by atoms with Gasteiger partial charge in [0, 0.05) is 6.54 Å². The maximum Gasteiger partial charge on any atom is 0.240 e. The van der Waals surface area contributed by atoms with Crippen molar-refractivity contribution < 1.29 is 13.5 Å². The quantitative estimate of drug-likeness (QED) is 0.889. The van der Waals surface area contributed by atoms with Crippen LogP contribution < -0.4 is 4.72 Å². The number of hydrogen-bond acceptors (Lipinski definition) is 3. The van der Waals surface area contributed by atoms with E-state index in [1.807, 2.05) is 6.07 Å². The zero-order valence-corrected chi connectivity index (χ0v) is 12.4. The molecule has 0 heterocycles. The Morgan fingerprint density at radius 3 is 2.45 bits per heavy atom. The zero-order chi connectivity index (χ0) is 14.2. The van der Waals surface area contributed by atoms with Gasteiger partial charge in [0.2, 0.25) is 10.0 Å². The second-order valence-corrected chi connectivity index (χ2v) is 7.81. The van der Waals surface area contributed by atoms with Gasteiger partial charge in [-0.25, -0.2) is 13.1 Å². The summed E-state index contributed by atoms with van der Waals surface area (Å²) in [6, 6.07) is 5.40. The van der Waals surface area contributed by atoms with Crippen molar-refractivity contribution in [3.05, 3.63) is 29.3 Å². The lowest BCUT2D eigenvalue weighted by Gasteiger charge is -2.36. The minimum absolute atomic E-state index is 0.117. The third-order valence-corrected chi connectivity index (χ3v) is 5.90. The van der Waals surface area contributed by atoms with E-state index in [1.165, 1.54) is 12.0 Å². The average molecular weight is 295 g/mol. The molecule has 4 nitrogen and oxygen atoms in total. The van der Waals surface area contributed by atoms with Crippen LogP contribution >= 0.6 is 0 Å². The van der Waals surface area contributed by atoms with Gasteiger partial charge in [-0.15, -0.1) is 0 Å². The Morgan fingerprint density at radius 1 is 1.10 bits per heavy atom. The Morgan fingerprint density at radius 2 is 1.80 bits per heavy atom. The standard InChI is InChI=1S/C15H21NO3S/c17-15(8-3-9-15)11-16-20(18,19)14-7-6-12-4-1-2-5-13(12)10-14/h6-7,10,16-17H,1-5,8-9,11H2. The van der Waals surface area contributed by atoms with Gasteiger partial charge in [-0.2, -0.15) is 0 Å². The van der Waals surface area contributed by atoms with Crippen LogP contribution in [-0.4, -0.2) is 25.7 Å². The summed E-state index contributed by atoms with van der Waals surface area (Å²) in [6.45, 7) is 0.117. The lowest BCUT2D eigenvalue weighted by atomic mass is 9.81. The minimum Gasteiger partial charge on any atom is -0.389 e. The van der Waals surface area contributed by atoms with E-state index >= 15 is 0 Å². The first-order chi connectivity index (χ1) is 9.49. The van der Waals surface area contributed by atoms with Gasteiger partial charge in [0.1, 0.15) is 0 Å². The smallest absolute Gasteiger partial charge is 0.240 e. The molecule has 0 amide bonds. The number of aryl methyl sites for hydroxylation is 2. The largest absolute Gasteiger partial charge is 0.389 e. The summed E-state index contributed by atoms with van der Waals surface area (Å²) in [5.41, 5.74) is 1.59. The number of benzene rings is 1. The van der Waals surface area contributed by atoms with E-state index in [1.54, 1.807) is 12.1 Å². The first-order valence-corrected chi connectivity index (χ1v) is 8.81. The molecule has 2 aliphatic rings. The molecule has 2 N–H and O–H groups in total. The minimum atomic E-state index is -3.51. The van der Waals surface area contributed by atoms with E-state index < -0.39 is 15.6 Å². The van der Waals surface area contributed by atoms with E-state index in [0.717, 1.165) is 31.2 Å². The fourth-order valence-corrected chi connectivity index (χ4v) is 4.12. The van der Waals surface area contributed by atoms with Gasteiger partial charge in [-0.1, -0.05) is 6.07 Å². The zero-order valence-electron chi connectivity index (χ0n) is 11.6. The summed E-state index contributed by atoms with van der Waals surface area (Å²) in [7, 11) is -3.51. The van der Waals surface area contributed by atoms with Gasteiger partial charge in [-0.3, -0.25) is 0 Å². The second-order valence-electron chi connectivity index (χ2n) is 6.04. The molecular weight excluding hydrogens is 274 g/mol. The maximum atomic E-state index is 12.3. The van der Waals surface area contributed by atoms with Crippen molar-refractivity contribution in [1.29, 1.82) is 0 Å². The van der Waals surface area contributed by atoms with Crippen molar-refractivity contribution in [2.45, 2.75) is 55.4 Å². The monoisotopic (exact) mass is 295 g/mol. The Balaban J connectivity index is 1.76. The predicted octanol–water partition coefficient (Wildman–Crippen LogP) is 1.76. The molecule has 5 heteroatoms. The molecule has 0 atom stereocenters. The van der Waals surface area contributed by atoms with Crippen LogP contribution in [0.1, 0.15) is 43.2 Å². The highest BCUT2D eigenvalue weighted by Gasteiger charge is 2.35. The summed E-state index contributed by atoms with van der Waals surface area (Å²) >= 11 is 0. The van der Waals surface area contributed by atoms with Crippen LogP contribution in [0.5, 0.6) is 0 Å². The molecule has 0 unspecified atom stereocenters. The Kier molecular flexibility index (Phi) is 3.60. The van der Waals surface area contributed by atoms with Crippen molar-refractivity contribution in [1.82, 2.24) is 4.72 Å². The third kappa shape index (κ3) is 2.75. The summed E-state index contributed by atoms with van der Waals surface area (Å²) in [5, 5.41) is 9.99. The first-order valence-electron chi connectivity index (χ1n) is 7.32. The number of nitrogens with one attached hydrogen (secondary N) is 1. The highest BCUT2D eigenvalue weighted by molar-refractivity contribution is 7.89. The molecular formula is C15H21NO3S. The van der Waals surface area contributed by atoms with Crippen LogP contribution in [0.3, 0.4) is 0 Å².